The molecule has 0 aliphatic carbocycles. The van der Waals surface area contributed by atoms with Crippen molar-refractivity contribution in [3.63, 3.8) is 0 Å². The summed E-state index contributed by atoms with van der Waals surface area (Å²) in [5, 5.41) is 11.3. The summed E-state index contributed by atoms with van der Waals surface area (Å²) in [7, 11) is 0. The summed E-state index contributed by atoms with van der Waals surface area (Å²) < 4.78 is 25.6. The van der Waals surface area contributed by atoms with E-state index in [0.29, 0.717) is 17.0 Å². The molecule has 0 aliphatic rings. The number of pyridine rings is 1. The Hall–Kier alpha value is -6.26. The molecule has 0 amide bonds. The van der Waals surface area contributed by atoms with Crippen molar-refractivity contribution in [3.8, 4) is 67.5 Å². The molecule has 0 saturated carbocycles. The molecule has 4 nitrogen and oxygen atoms in total. The number of aryl methyl sites for hydroxylation is 1. The lowest BCUT2D eigenvalue weighted by Gasteiger charge is -2.23. The molecule has 1 N–H and O–H groups in total. The monoisotopic (exact) mass is 720 g/mol. The van der Waals surface area contributed by atoms with Crippen LogP contribution in [0.1, 0.15) is 62.3 Å². The highest BCUT2D eigenvalue weighted by molar-refractivity contribution is 5.97. The molecule has 0 radical (unpaired) electrons. The van der Waals surface area contributed by atoms with Gasteiger partial charge in [0.1, 0.15) is 11.6 Å². The highest BCUT2D eigenvalue weighted by Gasteiger charge is 2.25. The lowest BCUT2D eigenvalue weighted by molar-refractivity contribution is 0.477. The van der Waals surface area contributed by atoms with Crippen molar-refractivity contribution in [1.82, 2.24) is 14.5 Å². The maximum atomic E-state index is 11.3. The van der Waals surface area contributed by atoms with Crippen LogP contribution in [0.25, 0.3) is 72.7 Å². The maximum Gasteiger partial charge on any atom is 0.149 e. The van der Waals surface area contributed by atoms with Gasteiger partial charge in [-0.15, -0.1) is 0 Å². The van der Waals surface area contributed by atoms with Gasteiger partial charge < -0.3 is 5.11 Å². The molecule has 272 valence electrons. The van der Waals surface area contributed by atoms with E-state index in [1.807, 2.05) is 48.7 Å². The Morgan fingerprint density at radius 1 is 0.545 bits per heavy atom. The molecule has 0 fully saturated rings. The van der Waals surface area contributed by atoms with E-state index in [1.54, 1.807) is 18.2 Å². The van der Waals surface area contributed by atoms with Crippen LogP contribution in [0.5, 0.6) is 5.75 Å². The van der Waals surface area contributed by atoms with Crippen molar-refractivity contribution in [3.05, 3.63) is 168 Å². The molecular weight excluding hydrogens is 671 g/mol. The van der Waals surface area contributed by atoms with Gasteiger partial charge in [-0.05, 0) is 106 Å². The molecule has 0 bridgehead atoms. The SMILES string of the molecule is [2H]C([2H])([2H])c1ccc(-c2ccnc(-c3cc(-c4cccc5c4nc(-c4ccccc4O)n5-c4ccc(C(C)(C)C)cc4-c4ccccc4)cc(C(C)(C)C)c3)c2)cc1. The number of phenols is 1. The summed E-state index contributed by atoms with van der Waals surface area (Å²) in [6.45, 7) is 11.2. The van der Waals surface area contributed by atoms with Crippen LogP contribution in [-0.4, -0.2) is 19.6 Å². The molecule has 0 spiro atoms. The van der Waals surface area contributed by atoms with E-state index in [4.69, 9.17) is 14.1 Å². The summed E-state index contributed by atoms with van der Waals surface area (Å²) in [6.07, 6.45) is 1.81. The van der Waals surface area contributed by atoms with Crippen LogP contribution in [0, 0.1) is 6.85 Å². The highest BCUT2D eigenvalue weighted by Crippen LogP contribution is 2.42. The van der Waals surface area contributed by atoms with Crippen LogP contribution < -0.4 is 0 Å². The Morgan fingerprint density at radius 2 is 1.25 bits per heavy atom. The quantitative estimate of drug-likeness (QED) is 0.186. The van der Waals surface area contributed by atoms with Crippen LogP contribution in [0.4, 0.5) is 0 Å². The third kappa shape index (κ3) is 6.97. The number of phenolic OH excluding ortho intramolecular Hbond substituents is 1. The number of nitrogens with zero attached hydrogens (tertiary/aromatic N) is 3. The average molecular weight is 721 g/mol. The van der Waals surface area contributed by atoms with Gasteiger partial charge in [-0.1, -0.05) is 138 Å². The molecule has 0 aliphatic heterocycles. The molecule has 0 saturated heterocycles. The second-order valence-electron chi connectivity index (χ2n) is 16.4. The number of para-hydroxylation sites is 2. The molecule has 4 heteroatoms. The molecular formula is C51H47N3O. The maximum absolute atomic E-state index is 11.3. The van der Waals surface area contributed by atoms with Crippen molar-refractivity contribution in [2.75, 3.05) is 0 Å². The van der Waals surface area contributed by atoms with Crippen LogP contribution >= 0.6 is 0 Å². The average Bonchev–Trinajstić information content (AvgIpc) is 3.59. The van der Waals surface area contributed by atoms with E-state index in [9.17, 15) is 5.11 Å². The molecule has 8 aromatic rings. The fraction of sp³-hybridized carbons (Fsp3) is 0.176. The Labute approximate surface area is 329 Å². The summed E-state index contributed by atoms with van der Waals surface area (Å²) in [5.41, 5.74) is 13.5. The Bertz CT molecular complexity index is 2790. The minimum atomic E-state index is -2.16. The van der Waals surface area contributed by atoms with Gasteiger partial charge in [0.15, 0.2) is 0 Å². The van der Waals surface area contributed by atoms with Gasteiger partial charge in [0.25, 0.3) is 0 Å². The molecule has 2 aromatic heterocycles. The second kappa shape index (κ2) is 13.9. The number of benzene rings is 6. The number of hydrogen-bond donors (Lipinski definition) is 1. The van der Waals surface area contributed by atoms with Crippen molar-refractivity contribution in [2.24, 2.45) is 0 Å². The zero-order chi connectivity index (χ0) is 41.0. The summed E-state index contributed by atoms with van der Waals surface area (Å²) in [4.78, 5) is 10.3. The van der Waals surface area contributed by atoms with Crippen molar-refractivity contribution in [2.45, 2.75) is 59.2 Å². The fourth-order valence-electron chi connectivity index (χ4n) is 7.26. The number of aromatic hydroxyl groups is 1. The van der Waals surface area contributed by atoms with Crippen molar-refractivity contribution >= 4 is 11.0 Å². The van der Waals surface area contributed by atoms with E-state index in [1.165, 1.54) is 5.56 Å². The Balaban J connectivity index is 1.35. The fourth-order valence-corrected chi connectivity index (χ4v) is 7.26. The largest absolute Gasteiger partial charge is 0.507 e. The van der Waals surface area contributed by atoms with E-state index >= 15 is 0 Å². The first-order valence-corrected chi connectivity index (χ1v) is 18.8. The lowest BCUT2D eigenvalue weighted by Crippen LogP contribution is -2.12. The first-order chi connectivity index (χ1) is 27.6. The topological polar surface area (TPSA) is 50.9 Å². The van der Waals surface area contributed by atoms with E-state index in [-0.39, 0.29) is 16.6 Å². The highest BCUT2D eigenvalue weighted by atomic mass is 16.3. The van der Waals surface area contributed by atoms with Crippen LogP contribution in [0.15, 0.2) is 152 Å². The number of imidazole rings is 1. The van der Waals surface area contributed by atoms with E-state index in [2.05, 4.69) is 131 Å². The van der Waals surface area contributed by atoms with Crippen LogP contribution in [0.2, 0.25) is 0 Å². The normalized spacial score (nSPS) is 13.0. The van der Waals surface area contributed by atoms with Crippen LogP contribution in [-0.2, 0) is 10.8 Å². The van der Waals surface area contributed by atoms with Gasteiger partial charge in [-0.3, -0.25) is 9.55 Å². The summed E-state index contributed by atoms with van der Waals surface area (Å²) >= 11 is 0. The Kier molecular flexibility index (Phi) is 8.11. The van der Waals surface area contributed by atoms with Crippen molar-refractivity contribution in [1.29, 1.82) is 0 Å². The first kappa shape index (κ1) is 32.2. The smallest absolute Gasteiger partial charge is 0.149 e. The van der Waals surface area contributed by atoms with Gasteiger partial charge in [0.2, 0.25) is 0 Å². The molecule has 2 heterocycles. The number of fused-ring (bicyclic) bond motifs is 1. The second-order valence-corrected chi connectivity index (χ2v) is 16.4. The van der Waals surface area contributed by atoms with Gasteiger partial charge in [-0.25, -0.2) is 4.98 Å². The first-order valence-electron chi connectivity index (χ1n) is 20.3. The summed E-state index contributed by atoms with van der Waals surface area (Å²) in [6, 6.07) is 48.6. The predicted octanol–water partition coefficient (Wildman–Crippen LogP) is 13.4. The number of aromatic nitrogens is 3. The van der Waals surface area contributed by atoms with Gasteiger partial charge in [-0.2, -0.15) is 0 Å². The van der Waals surface area contributed by atoms with Crippen LogP contribution in [0.3, 0.4) is 0 Å². The number of hydrogen-bond acceptors (Lipinski definition) is 3. The van der Waals surface area contributed by atoms with E-state index < -0.39 is 6.85 Å². The zero-order valence-corrected chi connectivity index (χ0v) is 32.2. The molecule has 0 unspecified atom stereocenters. The van der Waals surface area contributed by atoms with Crippen molar-refractivity contribution < 1.29 is 9.22 Å². The summed E-state index contributed by atoms with van der Waals surface area (Å²) in [5.74, 6) is 0.802. The third-order valence-corrected chi connectivity index (χ3v) is 10.4. The minimum Gasteiger partial charge on any atom is -0.507 e. The molecule has 0 atom stereocenters. The molecule has 8 rings (SSSR count). The minimum absolute atomic E-state index is 0.0682. The lowest BCUT2D eigenvalue weighted by atomic mass is 9.83. The van der Waals surface area contributed by atoms with E-state index in [0.717, 1.165) is 66.9 Å². The standard InChI is InChI=1S/C51H47N3O/c1-33-20-22-34(23-21-33)36-26-27-52-44(31-36)38-28-37(29-40(30-38)51(5,6)7)41-17-13-18-46-48(41)53-49(42-16-11-12-19-47(42)55)54(46)45-25-24-39(50(2,3)4)32-43(45)35-14-9-8-10-15-35/h8-32,55H,1-7H3/i1D3. The number of rotatable bonds is 6. The van der Waals surface area contributed by atoms with Gasteiger partial charge in [0, 0.05) is 27.0 Å². The zero-order valence-electron chi connectivity index (χ0n) is 35.2. The third-order valence-electron chi connectivity index (χ3n) is 10.4. The Morgan fingerprint density at radius 3 is 1.98 bits per heavy atom. The molecule has 55 heavy (non-hydrogen) atoms. The predicted molar refractivity (Wildman–Crippen MR) is 230 cm³/mol. The van der Waals surface area contributed by atoms with Gasteiger partial charge >= 0.3 is 0 Å². The van der Waals surface area contributed by atoms with Gasteiger partial charge in [0.05, 0.1) is 28.0 Å². The molecule has 6 aromatic carbocycles.